The maximum atomic E-state index is 10.4. The van der Waals surface area contributed by atoms with E-state index in [1.54, 1.807) is 12.1 Å². The van der Waals surface area contributed by atoms with Crippen molar-refractivity contribution in [3.05, 3.63) is 34.9 Å². The number of hydrogen-bond donors (Lipinski definition) is 2. The van der Waals surface area contributed by atoms with Gasteiger partial charge in [0.2, 0.25) is 0 Å². The molecule has 0 radical (unpaired) electrons. The minimum atomic E-state index is -0.591. The first-order valence-corrected chi connectivity index (χ1v) is 6.65. The molecular formula is C16H22O3. The van der Waals surface area contributed by atoms with Crippen LogP contribution in [-0.4, -0.2) is 15.8 Å². The van der Waals surface area contributed by atoms with Crippen molar-refractivity contribution in [3.8, 4) is 11.5 Å². The normalized spacial score (nSPS) is 20.4. The van der Waals surface area contributed by atoms with Crippen molar-refractivity contribution in [2.45, 2.75) is 52.2 Å². The lowest BCUT2D eigenvalue weighted by Gasteiger charge is -2.36. The van der Waals surface area contributed by atoms with Crippen LogP contribution in [0, 0.1) is 0 Å². The van der Waals surface area contributed by atoms with Crippen LogP contribution < -0.4 is 4.74 Å². The Morgan fingerprint density at radius 1 is 1.42 bits per heavy atom. The van der Waals surface area contributed by atoms with Crippen LogP contribution in [0.1, 0.15) is 51.3 Å². The molecule has 1 aromatic rings. The fourth-order valence-corrected chi connectivity index (χ4v) is 2.51. The summed E-state index contributed by atoms with van der Waals surface area (Å²) < 4.78 is 5.90. The molecule has 3 nitrogen and oxygen atoms in total. The van der Waals surface area contributed by atoms with Crippen LogP contribution in [-0.2, 0) is 6.42 Å². The molecule has 2 rings (SSSR count). The number of fused-ring (bicyclic) bond motifs is 1. The SMILES string of the molecule is CC(C)=CCc1c(O)ccc2c1C(O)CC(C)(C)O2. The van der Waals surface area contributed by atoms with Gasteiger partial charge in [-0.25, -0.2) is 0 Å². The van der Waals surface area contributed by atoms with Gasteiger partial charge in [-0.1, -0.05) is 11.6 Å². The predicted molar refractivity (Wildman–Crippen MR) is 75.5 cm³/mol. The second-order valence-corrected chi connectivity index (χ2v) is 6.04. The minimum Gasteiger partial charge on any atom is -0.508 e. The number of benzene rings is 1. The highest BCUT2D eigenvalue weighted by atomic mass is 16.5. The summed E-state index contributed by atoms with van der Waals surface area (Å²) in [4.78, 5) is 0. The topological polar surface area (TPSA) is 49.7 Å². The molecule has 0 amide bonds. The number of rotatable bonds is 2. The first-order chi connectivity index (χ1) is 8.80. The summed E-state index contributed by atoms with van der Waals surface area (Å²) >= 11 is 0. The number of ether oxygens (including phenoxy) is 1. The number of allylic oxidation sites excluding steroid dienone is 2. The number of phenolic OH excluding ortho intramolecular Hbond substituents is 1. The smallest absolute Gasteiger partial charge is 0.126 e. The molecule has 0 saturated heterocycles. The Labute approximate surface area is 114 Å². The van der Waals surface area contributed by atoms with Crippen LogP contribution >= 0.6 is 0 Å². The van der Waals surface area contributed by atoms with Crippen LogP contribution in [0.2, 0.25) is 0 Å². The van der Waals surface area contributed by atoms with E-state index in [0.29, 0.717) is 18.6 Å². The molecule has 1 aliphatic heterocycles. The van der Waals surface area contributed by atoms with E-state index in [4.69, 9.17) is 4.74 Å². The molecule has 3 heteroatoms. The van der Waals surface area contributed by atoms with Crippen molar-refractivity contribution >= 4 is 0 Å². The quantitative estimate of drug-likeness (QED) is 0.802. The molecule has 0 saturated carbocycles. The van der Waals surface area contributed by atoms with Gasteiger partial charge in [0.05, 0.1) is 6.10 Å². The van der Waals surface area contributed by atoms with Gasteiger partial charge in [0.25, 0.3) is 0 Å². The molecular weight excluding hydrogens is 240 g/mol. The molecule has 0 aliphatic carbocycles. The number of hydrogen-bond acceptors (Lipinski definition) is 3. The van der Waals surface area contributed by atoms with E-state index in [0.717, 1.165) is 11.1 Å². The van der Waals surface area contributed by atoms with Gasteiger partial charge in [-0.05, 0) is 46.2 Å². The number of aliphatic hydroxyl groups is 1. The van der Waals surface area contributed by atoms with Crippen molar-refractivity contribution in [1.29, 1.82) is 0 Å². The van der Waals surface area contributed by atoms with E-state index in [1.807, 2.05) is 33.8 Å². The Balaban J connectivity index is 2.48. The van der Waals surface area contributed by atoms with Gasteiger partial charge >= 0.3 is 0 Å². The van der Waals surface area contributed by atoms with Gasteiger partial charge in [0.1, 0.15) is 17.1 Å². The standard InChI is InChI=1S/C16H22O3/c1-10(2)5-6-11-12(17)7-8-14-15(11)13(18)9-16(3,4)19-14/h5,7-8,13,17-18H,6,9H2,1-4H3. The van der Waals surface area contributed by atoms with Gasteiger partial charge in [-0.15, -0.1) is 0 Å². The molecule has 0 spiro atoms. The molecule has 0 aromatic heterocycles. The van der Waals surface area contributed by atoms with Crippen molar-refractivity contribution in [3.63, 3.8) is 0 Å². The molecule has 2 N–H and O–H groups in total. The Kier molecular flexibility index (Phi) is 3.59. The Morgan fingerprint density at radius 3 is 2.74 bits per heavy atom. The van der Waals surface area contributed by atoms with E-state index in [-0.39, 0.29) is 11.4 Å². The van der Waals surface area contributed by atoms with Crippen LogP contribution in [0.4, 0.5) is 0 Å². The lowest BCUT2D eigenvalue weighted by molar-refractivity contribution is 0.0108. The average Bonchev–Trinajstić information content (AvgIpc) is 2.26. The lowest BCUT2D eigenvalue weighted by Crippen LogP contribution is -2.35. The highest BCUT2D eigenvalue weighted by Crippen LogP contribution is 2.44. The number of phenols is 1. The summed E-state index contributed by atoms with van der Waals surface area (Å²) in [7, 11) is 0. The van der Waals surface area contributed by atoms with E-state index >= 15 is 0 Å². The van der Waals surface area contributed by atoms with Crippen LogP contribution in [0.15, 0.2) is 23.8 Å². The number of aliphatic hydroxyl groups excluding tert-OH is 1. The van der Waals surface area contributed by atoms with Crippen molar-refractivity contribution in [2.75, 3.05) is 0 Å². The van der Waals surface area contributed by atoms with E-state index in [1.165, 1.54) is 5.57 Å². The Morgan fingerprint density at radius 2 is 2.11 bits per heavy atom. The molecule has 19 heavy (non-hydrogen) atoms. The first kappa shape index (κ1) is 13.9. The molecule has 0 fully saturated rings. The van der Waals surface area contributed by atoms with Gasteiger partial charge in [-0.3, -0.25) is 0 Å². The Bertz CT molecular complexity index is 511. The molecule has 104 valence electrons. The van der Waals surface area contributed by atoms with Gasteiger partial charge in [-0.2, -0.15) is 0 Å². The second-order valence-electron chi connectivity index (χ2n) is 6.04. The molecule has 1 aliphatic rings. The first-order valence-electron chi connectivity index (χ1n) is 6.65. The van der Waals surface area contributed by atoms with Gasteiger partial charge < -0.3 is 14.9 Å². The molecule has 1 unspecified atom stereocenters. The van der Waals surface area contributed by atoms with E-state index in [9.17, 15) is 10.2 Å². The monoisotopic (exact) mass is 262 g/mol. The van der Waals surface area contributed by atoms with Crippen molar-refractivity contribution < 1.29 is 14.9 Å². The maximum absolute atomic E-state index is 10.4. The lowest BCUT2D eigenvalue weighted by atomic mass is 9.87. The van der Waals surface area contributed by atoms with Gasteiger partial charge in [0, 0.05) is 17.5 Å². The molecule has 1 heterocycles. The zero-order chi connectivity index (χ0) is 14.2. The predicted octanol–water partition coefficient (Wildman–Crippen LogP) is 3.50. The summed E-state index contributed by atoms with van der Waals surface area (Å²) in [5, 5.41) is 20.4. The molecule has 1 atom stereocenters. The van der Waals surface area contributed by atoms with Crippen LogP contribution in [0.25, 0.3) is 0 Å². The van der Waals surface area contributed by atoms with Crippen LogP contribution in [0.3, 0.4) is 0 Å². The van der Waals surface area contributed by atoms with Crippen molar-refractivity contribution in [1.82, 2.24) is 0 Å². The van der Waals surface area contributed by atoms with Gasteiger partial charge in [0.15, 0.2) is 0 Å². The third-order valence-electron chi connectivity index (χ3n) is 3.41. The number of aromatic hydroxyl groups is 1. The summed E-state index contributed by atoms with van der Waals surface area (Å²) in [6.07, 6.45) is 2.59. The van der Waals surface area contributed by atoms with Crippen LogP contribution in [0.5, 0.6) is 11.5 Å². The minimum absolute atomic E-state index is 0.221. The zero-order valence-corrected chi connectivity index (χ0v) is 12.0. The highest BCUT2D eigenvalue weighted by molar-refractivity contribution is 5.51. The second kappa shape index (κ2) is 4.89. The Hall–Kier alpha value is -1.48. The van der Waals surface area contributed by atoms with E-state index in [2.05, 4.69) is 0 Å². The van der Waals surface area contributed by atoms with E-state index < -0.39 is 6.10 Å². The maximum Gasteiger partial charge on any atom is 0.126 e. The third kappa shape index (κ3) is 2.92. The fraction of sp³-hybridized carbons (Fsp3) is 0.500. The fourth-order valence-electron chi connectivity index (χ4n) is 2.51. The molecule has 1 aromatic carbocycles. The summed E-state index contributed by atoms with van der Waals surface area (Å²) in [5.74, 6) is 0.900. The average molecular weight is 262 g/mol. The van der Waals surface area contributed by atoms with Crippen molar-refractivity contribution in [2.24, 2.45) is 0 Å². The summed E-state index contributed by atoms with van der Waals surface area (Å²) in [6, 6.07) is 3.38. The third-order valence-corrected chi connectivity index (χ3v) is 3.41. The molecule has 0 bridgehead atoms. The summed E-state index contributed by atoms with van der Waals surface area (Å²) in [5.41, 5.74) is 2.30. The largest absolute Gasteiger partial charge is 0.508 e. The highest BCUT2D eigenvalue weighted by Gasteiger charge is 2.34. The summed E-state index contributed by atoms with van der Waals surface area (Å²) in [6.45, 7) is 7.95. The zero-order valence-electron chi connectivity index (χ0n) is 12.0.